The van der Waals surface area contributed by atoms with E-state index in [0.29, 0.717) is 0 Å². The summed E-state index contributed by atoms with van der Waals surface area (Å²) in [5.41, 5.74) is 3.08. The number of hydrogen-bond acceptors (Lipinski definition) is 5. The average Bonchev–Trinajstić information content (AvgIpc) is 3.01. The number of nitro benzene ring substituents is 1. The molecule has 6 heteroatoms. The Balaban J connectivity index is 1.66. The highest BCUT2D eigenvalue weighted by Crippen LogP contribution is 2.55. The molecule has 0 unspecified atom stereocenters. The molecule has 0 amide bonds. The average molecular weight is 381 g/mol. The Bertz CT molecular complexity index is 954. The summed E-state index contributed by atoms with van der Waals surface area (Å²) in [5, 5.41) is 11.3. The minimum atomic E-state index is -0.693. The maximum atomic E-state index is 11.3. The van der Waals surface area contributed by atoms with E-state index >= 15 is 0 Å². The van der Waals surface area contributed by atoms with E-state index in [1.165, 1.54) is 12.5 Å². The Morgan fingerprint density at radius 1 is 1.11 bits per heavy atom. The molecule has 0 spiro atoms. The summed E-state index contributed by atoms with van der Waals surface area (Å²) in [4.78, 5) is 10.9. The standard InChI is InChI=1S/C22H23NO5/c1-22(2)27-18-11-10-16-19(21(18)28-22)15-8-3-4-9-17(15)26-20(16)13-6-5-7-14(12-13)23(24)25/h5-7,10-12,15,17,20H,3-4,8-9H2,1-2H3/t15-,17-,20+/m0/s1. The smallest absolute Gasteiger partial charge is 0.269 e. The first-order valence-corrected chi connectivity index (χ1v) is 9.87. The number of hydrogen-bond donors (Lipinski definition) is 0. The second kappa shape index (κ2) is 6.21. The van der Waals surface area contributed by atoms with Gasteiger partial charge in [0.05, 0.1) is 11.0 Å². The van der Waals surface area contributed by atoms with Gasteiger partial charge in [-0.25, -0.2) is 0 Å². The van der Waals surface area contributed by atoms with Crippen molar-refractivity contribution < 1.29 is 19.1 Å². The van der Waals surface area contributed by atoms with Crippen molar-refractivity contribution in [1.82, 2.24) is 0 Å². The molecule has 2 aromatic rings. The predicted molar refractivity (Wildman–Crippen MR) is 103 cm³/mol. The molecule has 0 aromatic heterocycles. The molecule has 1 fully saturated rings. The van der Waals surface area contributed by atoms with Gasteiger partial charge < -0.3 is 14.2 Å². The molecule has 0 saturated heterocycles. The third kappa shape index (κ3) is 2.75. The van der Waals surface area contributed by atoms with Crippen molar-refractivity contribution in [2.24, 2.45) is 0 Å². The number of ether oxygens (including phenoxy) is 3. The molecule has 0 N–H and O–H groups in total. The Labute approximate surface area is 163 Å². The number of rotatable bonds is 2. The zero-order chi connectivity index (χ0) is 19.5. The maximum absolute atomic E-state index is 11.3. The van der Waals surface area contributed by atoms with Crippen LogP contribution in [0.2, 0.25) is 0 Å². The molecule has 5 rings (SSSR count). The summed E-state index contributed by atoms with van der Waals surface area (Å²) >= 11 is 0. The molecule has 28 heavy (non-hydrogen) atoms. The summed E-state index contributed by atoms with van der Waals surface area (Å²) in [6.07, 6.45) is 4.09. The highest BCUT2D eigenvalue weighted by Gasteiger charge is 2.44. The Kier molecular flexibility index (Phi) is 3.88. The zero-order valence-corrected chi connectivity index (χ0v) is 16.0. The summed E-state index contributed by atoms with van der Waals surface area (Å²) in [7, 11) is 0. The van der Waals surface area contributed by atoms with Gasteiger partial charge in [0.15, 0.2) is 11.5 Å². The fourth-order valence-corrected chi connectivity index (χ4v) is 4.82. The SMILES string of the molecule is CC1(C)Oc2ccc3c(c2O1)[C@H]1CCCC[C@@H]1O[C@@H]3c1cccc([N+](=O)[O-])c1. The van der Waals surface area contributed by atoms with Crippen molar-refractivity contribution in [1.29, 1.82) is 0 Å². The summed E-state index contributed by atoms with van der Waals surface area (Å²) in [6, 6.07) is 10.7. The number of non-ortho nitro benzene ring substituents is 1. The number of fused-ring (bicyclic) bond motifs is 5. The molecule has 146 valence electrons. The molecule has 0 radical (unpaired) electrons. The Morgan fingerprint density at radius 2 is 1.93 bits per heavy atom. The third-order valence-electron chi connectivity index (χ3n) is 5.95. The van der Waals surface area contributed by atoms with E-state index in [1.807, 2.05) is 32.0 Å². The van der Waals surface area contributed by atoms with Crippen molar-refractivity contribution in [2.45, 2.75) is 63.4 Å². The molecule has 2 aliphatic heterocycles. The molecule has 3 atom stereocenters. The van der Waals surface area contributed by atoms with E-state index in [0.717, 1.165) is 47.5 Å². The second-order valence-corrected chi connectivity index (χ2v) is 8.30. The van der Waals surface area contributed by atoms with Crippen molar-refractivity contribution >= 4 is 5.69 Å². The van der Waals surface area contributed by atoms with Crippen LogP contribution in [-0.2, 0) is 4.74 Å². The monoisotopic (exact) mass is 381 g/mol. The van der Waals surface area contributed by atoms with Crippen LogP contribution in [0.25, 0.3) is 0 Å². The van der Waals surface area contributed by atoms with Crippen LogP contribution in [0.5, 0.6) is 11.5 Å². The first-order valence-electron chi connectivity index (χ1n) is 9.87. The highest BCUT2D eigenvalue weighted by molar-refractivity contribution is 5.58. The van der Waals surface area contributed by atoms with Crippen LogP contribution < -0.4 is 9.47 Å². The van der Waals surface area contributed by atoms with Crippen LogP contribution in [0.3, 0.4) is 0 Å². The van der Waals surface area contributed by atoms with Crippen molar-refractivity contribution in [2.75, 3.05) is 0 Å². The van der Waals surface area contributed by atoms with Gasteiger partial charge in [-0.1, -0.05) is 31.0 Å². The van der Waals surface area contributed by atoms with Gasteiger partial charge in [-0.3, -0.25) is 10.1 Å². The lowest BCUT2D eigenvalue weighted by molar-refractivity contribution is -0.385. The van der Waals surface area contributed by atoms with Gasteiger partial charge in [0.1, 0.15) is 6.10 Å². The summed E-state index contributed by atoms with van der Waals surface area (Å²) in [6.45, 7) is 3.82. The van der Waals surface area contributed by atoms with Crippen LogP contribution >= 0.6 is 0 Å². The van der Waals surface area contributed by atoms with Crippen LogP contribution in [0.1, 0.15) is 68.2 Å². The molecular formula is C22H23NO5. The highest BCUT2D eigenvalue weighted by atomic mass is 16.7. The second-order valence-electron chi connectivity index (χ2n) is 8.30. The largest absolute Gasteiger partial charge is 0.449 e. The van der Waals surface area contributed by atoms with E-state index in [4.69, 9.17) is 14.2 Å². The maximum Gasteiger partial charge on any atom is 0.269 e. The van der Waals surface area contributed by atoms with Gasteiger partial charge in [-0.05, 0) is 30.0 Å². The topological polar surface area (TPSA) is 70.8 Å². The molecule has 6 nitrogen and oxygen atoms in total. The lowest BCUT2D eigenvalue weighted by Crippen LogP contribution is -2.34. The van der Waals surface area contributed by atoms with Gasteiger partial charge in [-0.2, -0.15) is 0 Å². The van der Waals surface area contributed by atoms with Gasteiger partial charge in [0.2, 0.25) is 5.79 Å². The van der Waals surface area contributed by atoms with Crippen molar-refractivity contribution in [3.05, 3.63) is 63.2 Å². The lowest BCUT2D eigenvalue weighted by atomic mass is 9.75. The molecule has 2 heterocycles. The molecule has 1 aliphatic carbocycles. The van der Waals surface area contributed by atoms with E-state index in [1.54, 1.807) is 12.1 Å². The number of nitro groups is 1. The van der Waals surface area contributed by atoms with Crippen LogP contribution in [0.15, 0.2) is 36.4 Å². The van der Waals surface area contributed by atoms with Crippen LogP contribution in [-0.4, -0.2) is 16.8 Å². The van der Waals surface area contributed by atoms with Crippen molar-refractivity contribution in [3.63, 3.8) is 0 Å². The first kappa shape index (κ1) is 17.5. The summed E-state index contributed by atoms with van der Waals surface area (Å²) in [5.74, 6) is 1.16. The third-order valence-corrected chi connectivity index (χ3v) is 5.95. The van der Waals surface area contributed by atoms with Crippen LogP contribution in [0, 0.1) is 10.1 Å². The Hall–Kier alpha value is -2.60. The fourth-order valence-electron chi connectivity index (χ4n) is 4.82. The van der Waals surface area contributed by atoms with Gasteiger partial charge in [0, 0.05) is 37.5 Å². The van der Waals surface area contributed by atoms with Crippen LogP contribution in [0.4, 0.5) is 5.69 Å². The number of nitrogens with zero attached hydrogens (tertiary/aromatic N) is 1. The lowest BCUT2D eigenvalue weighted by Gasteiger charge is -2.41. The zero-order valence-electron chi connectivity index (χ0n) is 16.0. The molecular weight excluding hydrogens is 358 g/mol. The van der Waals surface area contributed by atoms with Gasteiger partial charge in [0.25, 0.3) is 5.69 Å². The van der Waals surface area contributed by atoms with E-state index in [-0.39, 0.29) is 28.7 Å². The van der Waals surface area contributed by atoms with E-state index in [9.17, 15) is 10.1 Å². The fraction of sp³-hybridized carbons (Fsp3) is 0.455. The normalized spacial score (nSPS) is 27.0. The van der Waals surface area contributed by atoms with Gasteiger partial charge in [-0.15, -0.1) is 0 Å². The minimum Gasteiger partial charge on any atom is -0.449 e. The quantitative estimate of drug-likeness (QED) is 0.525. The Morgan fingerprint density at radius 3 is 2.75 bits per heavy atom. The first-order chi connectivity index (χ1) is 13.4. The van der Waals surface area contributed by atoms with Crippen molar-refractivity contribution in [3.8, 4) is 11.5 Å². The molecule has 1 saturated carbocycles. The number of benzene rings is 2. The minimum absolute atomic E-state index is 0.0790. The molecule has 2 aromatic carbocycles. The van der Waals surface area contributed by atoms with E-state index in [2.05, 4.69) is 0 Å². The molecule has 3 aliphatic rings. The van der Waals surface area contributed by atoms with E-state index < -0.39 is 5.79 Å². The van der Waals surface area contributed by atoms with Gasteiger partial charge >= 0.3 is 0 Å². The predicted octanol–water partition coefficient (Wildman–Crippen LogP) is 5.25. The molecule has 0 bridgehead atoms. The summed E-state index contributed by atoms with van der Waals surface area (Å²) < 4.78 is 18.7.